The van der Waals surface area contributed by atoms with Crippen molar-refractivity contribution < 1.29 is 5.11 Å². The highest BCUT2D eigenvalue weighted by Crippen LogP contribution is 1.47. The third kappa shape index (κ3) is 8.37. The minimum absolute atomic E-state index is 1.000. The Balaban J connectivity index is 2.80. The molecule has 0 aromatic rings. The third-order valence-corrected chi connectivity index (χ3v) is 0. The predicted octanol–water partition coefficient (Wildman–Crippen LogP) is -0.0153. The highest BCUT2D eigenvalue weighted by Gasteiger charge is 1.67. The first kappa shape index (κ1) is 3.69. The second-order valence-corrected chi connectivity index (χ2v) is 0.658. The molecule has 0 heterocycles. The van der Waals surface area contributed by atoms with Gasteiger partial charge >= 0.3 is 5.17 Å². The molecule has 0 aliphatic heterocycles. The Hall–Kier alpha value is -0.310. The summed E-state index contributed by atoms with van der Waals surface area (Å²) in [6, 6.07) is 0. The Morgan fingerprint density at radius 3 is 2.00 bits per heavy atom. The van der Waals surface area contributed by atoms with E-state index in [2.05, 4.69) is 12.2 Å². The number of hydrogen-bond donors (Lipinski definition) is 0. The van der Waals surface area contributed by atoms with E-state index in [1.54, 1.807) is 0 Å². The molecule has 0 fully saturated rings. The van der Waals surface area contributed by atoms with Gasteiger partial charge in [-0.15, -0.1) is 0 Å². The van der Waals surface area contributed by atoms with E-state index in [4.69, 9.17) is 10.8 Å². The Morgan fingerprint density at radius 1 is 2.00 bits per heavy atom. The van der Waals surface area contributed by atoms with E-state index in [-0.39, 0.29) is 0 Å². The summed E-state index contributed by atoms with van der Waals surface area (Å²) in [4.78, 5) is 0. The topological polar surface area (TPSA) is 43.7 Å². The van der Waals surface area contributed by atoms with Crippen molar-refractivity contribution in [3.05, 3.63) is 0 Å². The molecule has 0 amide bonds. The fourth-order valence-electron chi connectivity index (χ4n) is 0. The van der Waals surface area contributed by atoms with E-state index < -0.39 is 5.17 Å². The summed E-state index contributed by atoms with van der Waals surface area (Å²) in [5, 5.41) is 7.93. The molecule has 0 spiro atoms. The lowest BCUT2D eigenvalue weighted by atomic mass is 11.4. The lowest BCUT2D eigenvalue weighted by Gasteiger charge is -1.54. The van der Waals surface area contributed by atoms with Crippen LogP contribution in [0.3, 0.4) is 0 Å². The first-order chi connectivity index (χ1) is 1.73. The van der Waals surface area contributed by atoms with Crippen LogP contribution in [0.2, 0.25) is 0 Å². The van der Waals surface area contributed by atoms with Gasteiger partial charge in [0.1, 0.15) is 0 Å². The minimum atomic E-state index is -1.000. The maximum atomic E-state index is 8.93. The third-order valence-electron chi connectivity index (χ3n) is 0. The summed E-state index contributed by atoms with van der Waals surface area (Å²) in [6.45, 7) is 0. The molecule has 0 saturated carbocycles. The largest absolute Gasteiger partial charge is 0.329 e. The first-order valence-electron chi connectivity index (χ1n) is 0.658. The first-order valence-corrected chi connectivity index (χ1v) is 1.07. The molecule has 0 rings (SSSR count). The fourth-order valence-corrected chi connectivity index (χ4v) is 0. The smallest absolute Gasteiger partial charge is 0.254 e. The molecular formula is CHNOS. The Bertz CT molecular complexity index is 31.0. The van der Waals surface area contributed by atoms with Crippen molar-refractivity contribution in [1.82, 2.24) is 5.73 Å². The zero-order valence-electron chi connectivity index (χ0n) is 1.82. The molecule has 1 N–H and O–H groups in total. The summed E-state index contributed by atoms with van der Waals surface area (Å²) >= 11 is 3.65. The standard InChI is InChI=1S/CHNOS/c2-1(3)4/h2H. The van der Waals surface area contributed by atoms with E-state index in [1.165, 1.54) is 0 Å². The van der Waals surface area contributed by atoms with Crippen molar-refractivity contribution >= 4 is 17.4 Å². The van der Waals surface area contributed by atoms with Crippen LogP contribution in [0.25, 0.3) is 0 Å². The maximum Gasteiger partial charge on any atom is 0.329 e. The van der Waals surface area contributed by atoms with E-state index in [0.29, 0.717) is 0 Å². The van der Waals surface area contributed by atoms with Crippen molar-refractivity contribution in [1.29, 1.82) is 0 Å². The van der Waals surface area contributed by atoms with Crippen molar-refractivity contribution in [2.45, 2.75) is 0 Å². The monoisotopic (exact) mass is 75.0 g/mol. The number of nitrogens with one attached hydrogen (secondary N) is 1. The van der Waals surface area contributed by atoms with E-state index >= 15 is 0 Å². The van der Waals surface area contributed by atoms with Crippen LogP contribution in [-0.2, 0) is 5.11 Å². The second kappa shape index (κ2) is 1.06. The normalized spacial score (nSPS) is 6.00. The highest BCUT2D eigenvalue weighted by molar-refractivity contribution is 7.79. The van der Waals surface area contributed by atoms with Gasteiger partial charge in [-0.25, -0.2) is 0 Å². The zero-order chi connectivity index (χ0) is 3.58. The van der Waals surface area contributed by atoms with Gasteiger partial charge in [0.25, 0.3) is 0 Å². The van der Waals surface area contributed by atoms with Gasteiger partial charge in [0.05, 0.1) is 0 Å². The van der Waals surface area contributed by atoms with Gasteiger partial charge in [0.2, 0.25) is 0 Å². The molecule has 0 aliphatic rings. The lowest BCUT2D eigenvalue weighted by molar-refractivity contribution is 0.432. The van der Waals surface area contributed by atoms with Gasteiger partial charge in [-0.2, -0.15) is 0 Å². The van der Waals surface area contributed by atoms with Crippen LogP contribution in [0.15, 0.2) is 0 Å². The summed E-state index contributed by atoms with van der Waals surface area (Å²) in [7, 11) is 0. The summed E-state index contributed by atoms with van der Waals surface area (Å²) in [6.07, 6.45) is 0. The lowest BCUT2D eigenvalue weighted by Crippen LogP contribution is -1.82. The minimum Gasteiger partial charge on any atom is -0.254 e. The SMILES string of the molecule is [NH]C([O])=S. The molecule has 0 aromatic heterocycles. The molecule has 0 aliphatic carbocycles. The fraction of sp³-hybridized carbons (Fsp3) is 0. The van der Waals surface area contributed by atoms with Crippen molar-refractivity contribution in [2.24, 2.45) is 0 Å². The van der Waals surface area contributed by atoms with E-state index in [9.17, 15) is 0 Å². The summed E-state index contributed by atoms with van der Waals surface area (Å²) in [5.41, 5.74) is 5.76. The molecule has 2 nitrogen and oxygen atoms in total. The molecule has 0 saturated heterocycles. The van der Waals surface area contributed by atoms with Gasteiger partial charge in [0.15, 0.2) is 0 Å². The predicted molar refractivity (Wildman–Crippen MR) is 16.4 cm³/mol. The van der Waals surface area contributed by atoms with Crippen LogP contribution in [0.1, 0.15) is 0 Å². The second-order valence-electron chi connectivity index (χ2n) is 0.287. The molecule has 3 heteroatoms. The van der Waals surface area contributed by atoms with E-state index in [0.717, 1.165) is 0 Å². The molecular weight excluding hydrogens is 74.1 g/mol. The highest BCUT2D eigenvalue weighted by atomic mass is 32.1. The molecule has 0 atom stereocenters. The van der Waals surface area contributed by atoms with Crippen molar-refractivity contribution in [3.8, 4) is 0 Å². The summed E-state index contributed by atoms with van der Waals surface area (Å²) < 4.78 is 0. The Kier molecular flexibility index (Phi) is 0.979. The van der Waals surface area contributed by atoms with Crippen LogP contribution in [0.4, 0.5) is 0 Å². The van der Waals surface area contributed by atoms with Crippen LogP contribution >= 0.6 is 12.2 Å². The van der Waals surface area contributed by atoms with Gasteiger partial charge in [-0.05, 0) is 12.2 Å². The van der Waals surface area contributed by atoms with Crippen molar-refractivity contribution in [3.63, 3.8) is 0 Å². The molecule has 0 unspecified atom stereocenters. The molecule has 0 bridgehead atoms. The van der Waals surface area contributed by atoms with E-state index in [1.807, 2.05) is 0 Å². The zero-order valence-corrected chi connectivity index (χ0v) is 2.63. The average molecular weight is 75.1 g/mol. The summed E-state index contributed by atoms with van der Waals surface area (Å²) in [5.74, 6) is 0. The van der Waals surface area contributed by atoms with Gasteiger partial charge in [-0.3, -0.25) is 10.8 Å². The molecule has 2 radical (unpaired) electrons. The number of hydrogen-bond acceptors (Lipinski definition) is 1. The quantitative estimate of drug-likeness (QED) is 0.373. The molecule has 4 heavy (non-hydrogen) atoms. The molecule has 0 aromatic carbocycles. The number of thiocarbonyl (C=S) groups is 1. The van der Waals surface area contributed by atoms with Crippen LogP contribution in [-0.4, -0.2) is 5.17 Å². The van der Waals surface area contributed by atoms with Gasteiger partial charge in [-0.1, -0.05) is 0 Å². The number of rotatable bonds is 0. The Morgan fingerprint density at radius 2 is 2.00 bits per heavy atom. The van der Waals surface area contributed by atoms with Crippen molar-refractivity contribution in [2.75, 3.05) is 0 Å². The van der Waals surface area contributed by atoms with Gasteiger partial charge in [0, 0.05) is 0 Å². The Labute approximate surface area is 29.2 Å². The van der Waals surface area contributed by atoms with Crippen LogP contribution in [0, 0.1) is 0 Å². The maximum absolute atomic E-state index is 8.93. The average Bonchev–Trinajstić information content (AvgIpc) is 0.811. The molecule has 22 valence electrons. The van der Waals surface area contributed by atoms with Crippen LogP contribution in [0.5, 0.6) is 0 Å². The van der Waals surface area contributed by atoms with Crippen LogP contribution < -0.4 is 5.73 Å². The van der Waals surface area contributed by atoms with Gasteiger partial charge < -0.3 is 0 Å².